The van der Waals surface area contributed by atoms with Gasteiger partial charge >= 0.3 is 12.1 Å². The van der Waals surface area contributed by atoms with Crippen LogP contribution in [0, 0.1) is 5.92 Å². The number of esters is 1. The highest BCUT2D eigenvalue weighted by Crippen LogP contribution is 2.33. The lowest BCUT2D eigenvalue weighted by Gasteiger charge is -2.19. The second-order valence-corrected chi connectivity index (χ2v) is 5.85. The zero-order chi connectivity index (χ0) is 18.3. The molecule has 1 atom stereocenters. The first-order valence-corrected chi connectivity index (χ1v) is 8.27. The van der Waals surface area contributed by atoms with Crippen LogP contribution in [0.25, 0.3) is 11.1 Å². The Morgan fingerprint density at radius 3 is 2.16 bits per heavy atom. The van der Waals surface area contributed by atoms with Gasteiger partial charge in [-0.25, -0.2) is 0 Å². The summed E-state index contributed by atoms with van der Waals surface area (Å²) < 4.78 is 43.9. The number of ether oxygens (including phenoxy) is 1. The maximum Gasteiger partial charge on any atom is 0.392 e. The summed E-state index contributed by atoms with van der Waals surface area (Å²) in [5.41, 5.74) is 2.89. The number of hydrogen-bond donors (Lipinski definition) is 0. The molecule has 134 valence electrons. The summed E-state index contributed by atoms with van der Waals surface area (Å²) in [5.74, 6) is -2.48. The first-order chi connectivity index (χ1) is 11.9. The van der Waals surface area contributed by atoms with Crippen LogP contribution >= 0.6 is 0 Å². The number of carbonyl (C=O) groups excluding carboxylic acids is 1. The normalized spacial score (nSPS) is 12.6. The van der Waals surface area contributed by atoms with Gasteiger partial charge in [0.2, 0.25) is 0 Å². The van der Waals surface area contributed by atoms with Crippen molar-refractivity contribution in [2.45, 2.75) is 32.4 Å². The number of alkyl halides is 3. The molecule has 2 aromatic carbocycles. The van der Waals surface area contributed by atoms with Crippen molar-refractivity contribution in [2.24, 2.45) is 5.92 Å². The lowest BCUT2D eigenvalue weighted by molar-refractivity contribution is -0.185. The van der Waals surface area contributed by atoms with Gasteiger partial charge < -0.3 is 4.74 Å². The lowest BCUT2D eigenvalue weighted by atomic mass is 9.95. The van der Waals surface area contributed by atoms with Crippen molar-refractivity contribution < 1.29 is 22.7 Å². The van der Waals surface area contributed by atoms with E-state index in [4.69, 9.17) is 0 Å². The fraction of sp³-hybridized carbons (Fsp3) is 0.350. The fourth-order valence-electron chi connectivity index (χ4n) is 2.64. The highest BCUT2D eigenvalue weighted by Gasteiger charge is 2.40. The number of benzene rings is 2. The lowest BCUT2D eigenvalue weighted by Crippen LogP contribution is -2.27. The van der Waals surface area contributed by atoms with Gasteiger partial charge in [-0.15, -0.1) is 0 Å². The topological polar surface area (TPSA) is 26.3 Å². The van der Waals surface area contributed by atoms with Gasteiger partial charge in [0.15, 0.2) is 0 Å². The van der Waals surface area contributed by atoms with E-state index in [1.165, 1.54) is 0 Å². The molecule has 2 nitrogen and oxygen atoms in total. The minimum atomic E-state index is -4.41. The molecule has 0 N–H and O–H groups in total. The first kappa shape index (κ1) is 19.0. The third kappa shape index (κ3) is 5.93. The van der Waals surface area contributed by atoms with Crippen LogP contribution in [0.2, 0.25) is 0 Å². The summed E-state index contributed by atoms with van der Waals surface area (Å²) in [6.45, 7) is 1.67. The Kier molecular flexibility index (Phi) is 6.62. The summed E-state index contributed by atoms with van der Waals surface area (Å²) >= 11 is 0. The molecule has 0 aliphatic heterocycles. The van der Waals surface area contributed by atoms with E-state index in [1.807, 2.05) is 54.6 Å². The van der Waals surface area contributed by atoms with Crippen LogP contribution in [0.5, 0.6) is 0 Å². The predicted molar refractivity (Wildman–Crippen MR) is 91.0 cm³/mol. The molecule has 0 bridgehead atoms. The van der Waals surface area contributed by atoms with Crippen LogP contribution < -0.4 is 0 Å². The monoisotopic (exact) mass is 350 g/mol. The van der Waals surface area contributed by atoms with E-state index in [0.29, 0.717) is 0 Å². The summed E-state index contributed by atoms with van der Waals surface area (Å²) in [6.07, 6.45) is -4.90. The average molecular weight is 350 g/mol. The first-order valence-electron chi connectivity index (χ1n) is 8.27. The molecule has 0 fully saturated rings. The number of hydrogen-bond acceptors (Lipinski definition) is 2. The minimum Gasteiger partial charge on any atom is -0.466 e. The van der Waals surface area contributed by atoms with E-state index >= 15 is 0 Å². The standard InChI is InChI=1S/C20H21F3O2/c1-2-25-19(24)14-18(20(21,22)23)13-10-15-8-11-17(12-9-15)16-6-4-3-5-7-16/h3-9,11-12,18H,2,10,13-14H2,1H3. The van der Waals surface area contributed by atoms with E-state index in [1.54, 1.807) is 6.92 Å². The van der Waals surface area contributed by atoms with E-state index in [2.05, 4.69) is 4.74 Å². The van der Waals surface area contributed by atoms with Gasteiger partial charge in [0.1, 0.15) is 0 Å². The molecule has 0 radical (unpaired) electrons. The zero-order valence-electron chi connectivity index (χ0n) is 14.1. The average Bonchev–Trinajstić information content (AvgIpc) is 2.59. The summed E-state index contributed by atoms with van der Waals surface area (Å²) in [7, 11) is 0. The van der Waals surface area contributed by atoms with Crippen LogP contribution in [-0.2, 0) is 16.0 Å². The van der Waals surface area contributed by atoms with Crippen LogP contribution in [0.3, 0.4) is 0 Å². The fourth-order valence-corrected chi connectivity index (χ4v) is 2.64. The molecular formula is C20H21F3O2. The van der Waals surface area contributed by atoms with Crippen molar-refractivity contribution >= 4 is 5.97 Å². The maximum atomic E-state index is 13.1. The van der Waals surface area contributed by atoms with Gasteiger partial charge in [-0.2, -0.15) is 13.2 Å². The summed E-state index contributed by atoms with van der Waals surface area (Å²) in [6, 6.07) is 17.2. The molecule has 0 aromatic heterocycles. The molecule has 0 spiro atoms. The molecule has 5 heteroatoms. The molecule has 25 heavy (non-hydrogen) atoms. The van der Waals surface area contributed by atoms with Crippen LogP contribution in [0.4, 0.5) is 13.2 Å². The molecule has 0 amide bonds. The molecule has 1 unspecified atom stereocenters. The number of halogens is 3. The Morgan fingerprint density at radius 2 is 1.60 bits per heavy atom. The Balaban J connectivity index is 1.99. The van der Waals surface area contributed by atoms with Crippen LogP contribution in [-0.4, -0.2) is 18.8 Å². The van der Waals surface area contributed by atoms with Gasteiger partial charge in [-0.05, 0) is 36.5 Å². The minimum absolute atomic E-state index is 0.0877. The highest BCUT2D eigenvalue weighted by molar-refractivity contribution is 5.69. The van der Waals surface area contributed by atoms with Crippen molar-refractivity contribution in [3.63, 3.8) is 0 Å². The third-order valence-corrected chi connectivity index (χ3v) is 4.02. The molecule has 0 aliphatic rings. The number of rotatable bonds is 7. The van der Waals surface area contributed by atoms with Crippen molar-refractivity contribution in [3.8, 4) is 11.1 Å². The molecule has 0 saturated heterocycles. The molecule has 2 rings (SSSR count). The number of aryl methyl sites for hydroxylation is 1. The zero-order valence-corrected chi connectivity index (χ0v) is 14.1. The summed E-state index contributed by atoms with van der Waals surface area (Å²) in [4.78, 5) is 11.4. The van der Waals surface area contributed by atoms with Crippen molar-refractivity contribution in [1.29, 1.82) is 0 Å². The molecule has 2 aromatic rings. The van der Waals surface area contributed by atoms with Gasteiger partial charge in [0, 0.05) is 0 Å². The van der Waals surface area contributed by atoms with E-state index < -0.39 is 24.5 Å². The molecular weight excluding hydrogens is 329 g/mol. The van der Waals surface area contributed by atoms with Gasteiger partial charge in [0.05, 0.1) is 18.9 Å². The quantitative estimate of drug-likeness (QED) is 0.624. The Morgan fingerprint density at radius 1 is 1.00 bits per heavy atom. The molecule has 0 aliphatic carbocycles. The second kappa shape index (κ2) is 8.70. The SMILES string of the molecule is CCOC(=O)CC(CCc1ccc(-c2ccccc2)cc1)C(F)(F)F. The maximum absolute atomic E-state index is 13.1. The molecule has 0 saturated carbocycles. The van der Waals surface area contributed by atoms with Gasteiger partial charge in [-0.3, -0.25) is 4.79 Å². The second-order valence-electron chi connectivity index (χ2n) is 5.85. The summed E-state index contributed by atoms with van der Waals surface area (Å²) in [5, 5.41) is 0. The number of carbonyl (C=O) groups is 1. The van der Waals surface area contributed by atoms with Crippen molar-refractivity contribution in [1.82, 2.24) is 0 Å². The smallest absolute Gasteiger partial charge is 0.392 e. The van der Waals surface area contributed by atoms with E-state index in [9.17, 15) is 18.0 Å². The van der Waals surface area contributed by atoms with Crippen LogP contribution in [0.15, 0.2) is 54.6 Å². The predicted octanol–water partition coefficient (Wildman–Crippen LogP) is 5.42. The van der Waals surface area contributed by atoms with E-state index in [-0.39, 0.29) is 19.4 Å². The highest BCUT2D eigenvalue weighted by atomic mass is 19.4. The largest absolute Gasteiger partial charge is 0.466 e. The van der Waals surface area contributed by atoms with Crippen molar-refractivity contribution in [2.75, 3.05) is 6.61 Å². The Hall–Kier alpha value is -2.30. The van der Waals surface area contributed by atoms with Crippen LogP contribution in [0.1, 0.15) is 25.3 Å². The van der Waals surface area contributed by atoms with Gasteiger partial charge in [-0.1, -0.05) is 54.6 Å². The molecule has 0 heterocycles. The van der Waals surface area contributed by atoms with Crippen molar-refractivity contribution in [3.05, 3.63) is 60.2 Å². The van der Waals surface area contributed by atoms with Gasteiger partial charge in [0.25, 0.3) is 0 Å². The van der Waals surface area contributed by atoms with E-state index in [0.717, 1.165) is 16.7 Å². The Labute approximate surface area is 145 Å². The Bertz CT molecular complexity index is 664. The third-order valence-electron chi connectivity index (χ3n) is 4.02.